The molecule has 0 atom stereocenters. The Balaban J connectivity index is 1.68. The summed E-state index contributed by atoms with van der Waals surface area (Å²) in [6.45, 7) is 0.848. The zero-order chi connectivity index (χ0) is 17.2. The van der Waals surface area contributed by atoms with Gasteiger partial charge in [-0.15, -0.1) is 0 Å². The van der Waals surface area contributed by atoms with E-state index in [4.69, 9.17) is 9.47 Å². The lowest BCUT2D eigenvalue weighted by Crippen LogP contribution is -2.16. The Hall–Kier alpha value is -2.29. The lowest BCUT2D eigenvalue weighted by atomic mass is 10.1. The molecule has 24 heavy (non-hydrogen) atoms. The molecule has 1 aliphatic rings. The van der Waals surface area contributed by atoms with Crippen LogP contribution in [0.25, 0.3) is 0 Å². The molecule has 9 heteroatoms. The van der Waals surface area contributed by atoms with E-state index in [1.807, 2.05) is 0 Å². The van der Waals surface area contributed by atoms with Crippen molar-refractivity contribution in [2.75, 3.05) is 19.0 Å². The molecular weight excluding hydrogens is 345 g/mol. The number of alkyl halides is 3. The van der Waals surface area contributed by atoms with Crippen LogP contribution in [-0.4, -0.2) is 34.7 Å². The van der Waals surface area contributed by atoms with Gasteiger partial charge in [0.05, 0.1) is 5.75 Å². The van der Waals surface area contributed by atoms with Crippen molar-refractivity contribution < 1.29 is 27.4 Å². The highest BCUT2D eigenvalue weighted by atomic mass is 32.2. The fourth-order valence-electron chi connectivity index (χ4n) is 2.00. The summed E-state index contributed by atoms with van der Waals surface area (Å²) >= 11 is 0.847. The number of rotatable bonds is 4. The molecule has 2 heterocycles. The highest BCUT2D eigenvalue weighted by Gasteiger charge is 2.32. The molecule has 0 amide bonds. The van der Waals surface area contributed by atoms with Gasteiger partial charge in [-0.2, -0.15) is 13.2 Å². The standard InChI is InChI=1S/C15H11F3N2O3S/c16-15(17,18)13-3-4-19-14(20-13)24-8-10(21)9-1-2-11-12(7-9)23-6-5-22-11/h1-4,7H,5-6,8H2. The van der Waals surface area contributed by atoms with Crippen LogP contribution >= 0.6 is 11.8 Å². The molecular formula is C15H11F3N2O3S. The number of thioether (sulfide) groups is 1. The number of ether oxygens (including phenoxy) is 2. The fraction of sp³-hybridized carbons (Fsp3) is 0.267. The zero-order valence-electron chi connectivity index (χ0n) is 12.2. The third-order valence-corrected chi connectivity index (χ3v) is 3.98. The van der Waals surface area contributed by atoms with E-state index in [9.17, 15) is 18.0 Å². The Morgan fingerprint density at radius 1 is 1.17 bits per heavy atom. The molecule has 0 spiro atoms. The van der Waals surface area contributed by atoms with Crippen LogP contribution in [0.2, 0.25) is 0 Å². The van der Waals surface area contributed by atoms with E-state index in [1.54, 1.807) is 18.2 Å². The molecule has 1 aromatic carbocycles. The maximum atomic E-state index is 12.6. The largest absolute Gasteiger partial charge is 0.486 e. The lowest BCUT2D eigenvalue weighted by Gasteiger charge is -2.18. The van der Waals surface area contributed by atoms with Gasteiger partial charge in [-0.1, -0.05) is 11.8 Å². The number of ketones is 1. The zero-order valence-corrected chi connectivity index (χ0v) is 13.0. The molecule has 0 fully saturated rings. The number of fused-ring (bicyclic) bond motifs is 1. The van der Waals surface area contributed by atoms with Gasteiger partial charge < -0.3 is 9.47 Å². The van der Waals surface area contributed by atoms with Crippen molar-refractivity contribution in [1.82, 2.24) is 9.97 Å². The topological polar surface area (TPSA) is 61.3 Å². The van der Waals surface area contributed by atoms with Gasteiger partial charge >= 0.3 is 6.18 Å². The molecule has 1 aliphatic heterocycles. The predicted octanol–water partition coefficient (Wildman–Crippen LogP) is 3.24. The van der Waals surface area contributed by atoms with Crippen molar-refractivity contribution in [2.24, 2.45) is 0 Å². The van der Waals surface area contributed by atoms with E-state index < -0.39 is 11.9 Å². The van der Waals surface area contributed by atoms with E-state index in [0.717, 1.165) is 24.0 Å². The number of hydrogen-bond donors (Lipinski definition) is 0. The summed E-state index contributed by atoms with van der Waals surface area (Å²) in [5.41, 5.74) is -0.648. The molecule has 0 saturated carbocycles. The van der Waals surface area contributed by atoms with Gasteiger partial charge in [0.1, 0.15) is 18.9 Å². The van der Waals surface area contributed by atoms with Gasteiger partial charge in [0.2, 0.25) is 0 Å². The minimum Gasteiger partial charge on any atom is -0.486 e. The average Bonchev–Trinajstić information content (AvgIpc) is 2.59. The Morgan fingerprint density at radius 2 is 1.92 bits per heavy atom. The second-order valence-corrected chi connectivity index (χ2v) is 5.74. The summed E-state index contributed by atoms with van der Waals surface area (Å²) in [7, 11) is 0. The quantitative estimate of drug-likeness (QED) is 0.476. The van der Waals surface area contributed by atoms with E-state index in [0.29, 0.717) is 30.3 Å². The maximum absolute atomic E-state index is 12.6. The molecule has 0 radical (unpaired) electrons. The van der Waals surface area contributed by atoms with E-state index in [2.05, 4.69) is 9.97 Å². The number of carbonyl (C=O) groups excluding carboxylic acids is 1. The molecule has 126 valence electrons. The minimum absolute atomic E-state index is 0.0824. The number of aromatic nitrogens is 2. The lowest BCUT2D eigenvalue weighted by molar-refractivity contribution is -0.141. The van der Waals surface area contributed by atoms with Crippen LogP contribution in [0.1, 0.15) is 16.1 Å². The predicted molar refractivity (Wildman–Crippen MR) is 79.5 cm³/mol. The van der Waals surface area contributed by atoms with Crippen LogP contribution in [0.3, 0.4) is 0 Å². The highest BCUT2D eigenvalue weighted by Crippen LogP contribution is 2.32. The summed E-state index contributed by atoms with van der Waals surface area (Å²) < 4.78 is 48.6. The first-order valence-corrected chi connectivity index (χ1v) is 7.88. The maximum Gasteiger partial charge on any atom is 0.433 e. The third kappa shape index (κ3) is 3.78. The van der Waals surface area contributed by atoms with E-state index in [1.165, 1.54) is 0 Å². The number of carbonyl (C=O) groups is 1. The second kappa shape index (κ2) is 6.68. The molecule has 0 bridgehead atoms. The summed E-state index contributed by atoms with van der Waals surface area (Å²) in [6.07, 6.45) is -3.52. The normalized spacial score (nSPS) is 13.6. The van der Waals surface area contributed by atoms with Crippen LogP contribution in [0.4, 0.5) is 13.2 Å². The molecule has 1 aromatic heterocycles. The molecule has 0 unspecified atom stereocenters. The van der Waals surface area contributed by atoms with E-state index >= 15 is 0 Å². The molecule has 3 rings (SSSR count). The number of Topliss-reactive ketones (excluding diaryl/α,β-unsaturated/α-hetero) is 1. The summed E-state index contributed by atoms with van der Waals surface area (Å²) in [6, 6.07) is 5.56. The first kappa shape index (κ1) is 16.6. The van der Waals surface area contributed by atoms with Crippen LogP contribution in [0, 0.1) is 0 Å². The first-order chi connectivity index (χ1) is 11.4. The van der Waals surface area contributed by atoms with Crippen molar-refractivity contribution in [1.29, 1.82) is 0 Å². The first-order valence-electron chi connectivity index (χ1n) is 6.89. The number of halogens is 3. The van der Waals surface area contributed by atoms with Gasteiger partial charge in [-0.3, -0.25) is 4.79 Å². The number of hydrogen-bond acceptors (Lipinski definition) is 6. The molecule has 5 nitrogen and oxygen atoms in total. The van der Waals surface area contributed by atoms with Crippen molar-refractivity contribution in [3.63, 3.8) is 0 Å². The van der Waals surface area contributed by atoms with Crippen molar-refractivity contribution in [3.8, 4) is 11.5 Å². The smallest absolute Gasteiger partial charge is 0.433 e. The summed E-state index contributed by atoms with van der Waals surface area (Å²) in [5, 5.41) is -0.101. The SMILES string of the molecule is O=C(CSc1nccc(C(F)(F)F)n1)c1ccc2c(c1)OCCO2. The minimum atomic E-state index is -4.54. The Kier molecular flexibility index (Phi) is 4.61. The van der Waals surface area contributed by atoms with Crippen LogP contribution < -0.4 is 9.47 Å². The van der Waals surface area contributed by atoms with Gasteiger partial charge in [0.25, 0.3) is 0 Å². The molecule has 0 N–H and O–H groups in total. The van der Waals surface area contributed by atoms with Gasteiger partial charge in [-0.25, -0.2) is 9.97 Å². The van der Waals surface area contributed by atoms with Crippen LogP contribution in [-0.2, 0) is 6.18 Å². The molecule has 2 aromatic rings. The van der Waals surface area contributed by atoms with Gasteiger partial charge in [0, 0.05) is 11.8 Å². The third-order valence-electron chi connectivity index (χ3n) is 3.12. The Labute approximate surface area is 139 Å². The van der Waals surface area contributed by atoms with Gasteiger partial charge in [-0.05, 0) is 24.3 Å². The van der Waals surface area contributed by atoms with E-state index in [-0.39, 0.29) is 16.7 Å². The van der Waals surface area contributed by atoms with Crippen molar-refractivity contribution in [3.05, 3.63) is 41.7 Å². The highest BCUT2D eigenvalue weighted by molar-refractivity contribution is 7.99. The molecule has 0 saturated heterocycles. The van der Waals surface area contributed by atoms with Crippen molar-refractivity contribution in [2.45, 2.75) is 11.3 Å². The number of benzene rings is 1. The summed E-state index contributed by atoms with van der Waals surface area (Å²) in [5.74, 6) is 0.693. The van der Waals surface area contributed by atoms with Crippen LogP contribution in [0.15, 0.2) is 35.6 Å². The van der Waals surface area contributed by atoms with Crippen molar-refractivity contribution >= 4 is 17.5 Å². The van der Waals surface area contributed by atoms with Gasteiger partial charge in [0.15, 0.2) is 22.4 Å². The second-order valence-electron chi connectivity index (χ2n) is 4.79. The average molecular weight is 356 g/mol. The fourth-order valence-corrected chi connectivity index (χ4v) is 2.72. The van der Waals surface area contributed by atoms with Crippen LogP contribution in [0.5, 0.6) is 11.5 Å². The summed E-state index contributed by atoms with van der Waals surface area (Å²) in [4.78, 5) is 19.3. The number of nitrogens with zero attached hydrogens (tertiary/aromatic N) is 2. The molecule has 0 aliphatic carbocycles. The monoisotopic (exact) mass is 356 g/mol. The Bertz CT molecular complexity index is 768. The Morgan fingerprint density at radius 3 is 2.67 bits per heavy atom.